The molecular formula is C21H21F3N4O2S. The van der Waals surface area contributed by atoms with Crippen LogP contribution in [0.25, 0.3) is 0 Å². The SMILES string of the molecule is Cn1cnnc1Sc1ccc(CN2CCCC(C(=O)c3cccc(C(F)(F)F)c3)C2)o1. The predicted octanol–water partition coefficient (Wildman–Crippen LogP) is 4.67. The number of nitrogens with zero attached hydrogens (tertiary/aromatic N) is 4. The Labute approximate surface area is 181 Å². The van der Waals surface area contributed by atoms with Crippen molar-refractivity contribution >= 4 is 17.5 Å². The molecule has 0 saturated carbocycles. The van der Waals surface area contributed by atoms with Crippen molar-refractivity contribution in [1.29, 1.82) is 0 Å². The minimum atomic E-state index is -4.46. The van der Waals surface area contributed by atoms with Crippen LogP contribution in [0.2, 0.25) is 0 Å². The van der Waals surface area contributed by atoms with E-state index in [2.05, 4.69) is 15.1 Å². The first-order chi connectivity index (χ1) is 14.8. The van der Waals surface area contributed by atoms with Crippen LogP contribution in [0.15, 0.2) is 57.4 Å². The number of carbonyl (C=O) groups is 1. The van der Waals surface area contributed by atoms with Gasteiger partial charge in [-0.3, -0.25) is 9.69 Å². The number of ketones is 1. The second-order valence-corrected chi connectivity index (χ2v) is 8.54. The van der Waals surface area contributed by atoms with Crippen molar-refractivity contribution in [3.05, 3.63) is 59.6 Å². The molecule has 10 heteroatoms. The zero-order valence-electron chi connectivity index (χ0n) is 16.8. The molecule has 1 saturated heterocycles. The Morgan fingerprint density at radius 2 is 2.13 bits per heavy atom. The van der Waals surface area contributed by atoms with Crippen LogP contribution in [0.1, 0.15) is 34.5 Å². The summed E-state index contributed by atoms with van der Waals surface area (Å²) in [5, 5.41) is 9.26. The lowest BCUT2D eigenvalue weighted by atomic mass is 9.89. The average Bonchev–Trinajstić information content (AvgIpc) is 3.36. The number of Topliss-reactive ketones (excluding diaryl/α,β-unsaturated/α-hetero) is 1. The number of likely N-dealkylation sites (tertiary alicyclic amines) is 1. The number of aryl methyl sites for hydroxylation is 1. The number of hydrogen-bond donors (Lipinski definition) is 0. The molecule has 1 unspecified atom stereocenters. The second-order valence-electron chi connectivity index (χ2n) is 7.56. The van der Waals surface area contributed by atoms with E-state index in [1.165, 1.54) is 23.9 Å². The number of halogens is 3. The number of carbonyl (C=O) groups excluding carboxylic acids is 1. The summed E-state index contributed by atoms with van der Waals surface area (Å²) < 4.78 is 46.6. The van der Waals surface area contributed by atoms with Crippen molar-refractivity contribution in [2.75, 3.05) is 13.1 Å². The van der Waals surface area contributed by atoms with Crippen LogP contribution in [0, 0.1) is 5.92 Å². The van der Waals surface area contributed by atoms with Crippen molar-refractivity contribution < 1.29 is 22.4 Å². The highest BCUT2D eigenvalue weighted by molar-refractivity contribution is 7.99. The molecule has 1 atom stereocenters. The monoisotopic (exact) mass is 450 g/mol. The minimum absolute atomic E-state index is 0.113. The molecule has 164 valence electrons. The summed E-state index contributed by atoms with van der Waals surface area (Å²) in [6.45, 7) is 1.83. The molecule has 3 heterocycles. The van der Waals surface area contributed by atoms with Gasteiger partial charge in [0, 0.05) is 25.1 Å². The van der Waals surface area contributed by atoms with Crippen molar-refractivity contribution in [2.24, 2.45) is 13.0 Å². The third-order valence-corrected chi connectivity index (χ3v) is 6.20. The topological polar surface area (TPSA) is 64.2 Å². The Kier molecular flexibility index (Phi) is 6.19. The van der Waals surface area contributed by atoms with Gasteiger partial charge in [-0.15, -0.1) is 10.2 Å². The molecule has 2 aromatic heterocycles. The zero-order chi connectivity index (χ0) is 22.0. The molecule has 1 aliphatic rings. The summed E-state index contributed by atoms with van der Waals surface area (Å²) in [7, 11) is 1.85. The van der Waals surface area contributed by atoms with Crippen LogP contribution < -0.4 is 0 Å². The Hall–Kier alpha value is -2.59. The molecule has 1 aliphatic heterocycles. The first kappa shape index (κ1) is 21.6. The molecule has 0 aliphatic carbocycles. The summed E-state index contributed by atoms with van der Waals surface area (Å²) in [4.78, 5) is 15.0. The lowest BCUT2D eigenvalue weighted by molar-refractivity contribution is -0.137. The fraction of sp³-hybridized carbons (Fsp3) is 0.381. The van der Waals surface area contributed by atoms with Crippen LogP contribution in [-0.2, 0) is 19.8 Å². The second kappa shape index (κ2) is 8.88. The first-order valence-corrected chi connectivity index (χ1v) is 10.7. The molecule has 0 radical (unpaired) electrons. The summed E-state index contributed by atoms with van der Waals surface area (Å²) in [6.07, 6.45) is -1.38. The number of piperidine rings is 1. The minimum Gasteiger partial charge on any atom is -0.453 e. The first-order valence-electron chi connectivity index (χ1n) is 9.84. The molecule has 0 bridgehead atoms. The summed E-state index contributed by atoms with van der Waals surface area (Å²) in [5.74, 6) is 0.185. The van der Waals surface area contributed by atoms with Crippen LogP contribution in [-0.4, -0.2) is 38.5 Å². The number of hydrogen-bond acceptors (Lipinski definition) is 6. The summed E-state index contributed by atoms with van der Waals surface area (Å²) in [5.41, 5.74) is -0.684. The highest BCUT2D eigenvalue weighted by Crippen LogP contribution is 2.31. The van der Waals surface area contributed by atoms with Crippen LogP contribution in [0.5, 0.6) is 0 Å². The maximum atomic E-state index is 13.0. The van der Waals surface area contributed by atoms with E-state index in [1.54, 1.807) is 10.9 Å². The molecule has 0 spiro atoms. The number of alkyl halides is 3. The molecule has 1 fully saturated rings. The van der Waals surface area contributed by atoms with Gasteiger partial charge in [-0.1, -0.05) is 12.1 Å². The molecule has 4 rings (SSSR count). The molecule has 1 aromatic carbocycles. The normalized spacial score (nSPS) is 17.7. The molecular weight excluding hydrogens is 429 g/mol. The number of aromatic nitrogens is 3. The van der Waals surface area contributed by atoms with Crippen molar-refractivity contribution in [1.82, 2.24) is 19.7 Å². The largest absolute Gasteiger partial charge is 0.453 e. The fourth-order valence-electron chi connectivity index (χ4n) is 3.67. The molecule has 31 heavy (non-hydrogen) atoms. The van der Waals surface area contributed by atoms with E-state index in [1.807, 2.05) is 19.2 Å². The van der Waals surface area contributed by atoms with Crippen LogP contribution >= 0.6 is 11.8 Å². The Morgan fingerprint density at radius 3 is 2.87 bits per heavy atom. The van der Waals surface area contributed by atoms with E-state index in [9.17, 15) is 18.0 Å². The van der Waals surface area contributed by atoms with E-state index in [0.29, 0.717) is 29.8 Å². The lowest BCUT2D eigenvalue weighted by Gasteiger charge is -2.31. The average molecular weight is 450 g/mol. The van der Waals surface area contributed by atoms with Gasteiger partial charge in [-0.2, -0.15) is 13.2 Å². The van der Waals surface area contributed by atoms with E-state index >= 15 is 0 Å². The molecule has 3 aromatic rings. The van der Waals surface area contributed by atoms with Crippen LogP contribution in [0.4, 0.5) is 13.2 Å². The molecule has 6 nitrogen and oxygen atoms in total. The molecule has 0 amide bonds. The Balaban J connectivity index is 1.39. The van der Waals surface area contributed by atoms with Gasteiger partial charge in [0.25, 0.3) is 0 Å². The maximum Gasteiger partial charge on any atom is 0.416 e. The van der Waals surface area contributed by atoms with Gasteiger partial charge in [0.15, 0.2) is 16.0 Å². The number of rotatable bonds is 6. The van der Waals surface area contributed by atoms with E-state index in [4.69, 9.17) is 4.42 Å². The Bertz CT molecular complexity index is 1060. The van der Waals surface area contributed by atoms with Crippen LogP contribution in [0.3, 0.4) is 0 Å². The van der Waals surface area contributed by atoms with Gasteiger partial charge in [-0.25, -0.2) is 0 Å². The predicted molar refractivity (Wildman–Crippen MR) is 108 cm³/mol. The zero-order valence-corrected chi connectivity index (χ0v) is 17.6. The van der Waals surface area contributed by atoms with E-state index < -0.39 is 11.7 Å². The smallest absolute Gasteiger partial charge is 0.416 e. The highest BCUT2D eigenvalue weighted by Gasteiger charge is 2.32. The van der Waals surface area contributed by atoms with Crippen molar-refractivity contribution in [2.45, 2.75) is 35.8 Å². The number of benzene rings is 1. The third kappa shape index (κ3) is 5.19. The summed E-state index contributed by atoms with van der Waals surface area (Å²) >= 11 is 1.37. The van der Waals surface area contributed by atoms with Crippen molar-refractivity contribution in [3.8, 4) is 0 Å². The lowest BCUT2D eigenvalue weighted by Crippen LogP contribution is -2.38. The quantitative estimate of drug-likeness (QED) is 0.509. The van der Waals surface area contributed by atoms with E-state index in [0.717, 1.165) is 30.9 Å². The summed E-state index contributed by atoms with van der Waals surface area (Å²) in [6, 6.07) is 8.43. The standard InChI is InChI=1S/C21H21F3N4O2S/c1-27-13-25-26-20(27)31-18-8-7-17(30-18)12-28-9-3-5-15(11-28)19(29)14-4-2-6-16(10-14)21(22,23)24/h2,4,6-8,10,13,15H,3,5,9,11-12H2,1H3. The van der Waals surface area contributed by atoms with Gasteiger partial charge in [-0.05, 0) is 55.4 Å². The van der Waals surface area contributed by atoms with Gasteiger partial charge in [0.2, 0.25) is 0 Å². The highest BCUT2D eigenvalue weighted by atomic mass is 32.2. The van der Waals surface area contributed by atoms with E-state index in [-0.39, 0.29) is 17.3 Å². The van der Waals surface area contributed by atoms with Gasteiger partial charge >= 0.3 is 6.18 Å². The van der Waals surface area contributed by atoms with Crippen molar-refractivity contribution in [3.63, 3.8) is 0 Å². The van der Waals surface area contributed by atoms with Gasteiger partial charge in [0.05, 0.1) is 12.1 Å². The molecule has 0 N–H and O–H groups in total. The van der Waals surface area contributed by atoms with Gasteiger partial charge in [0.1, 0.15) is 12.1 Å². The Morgan fingerprint density at radius 1 is 1.29 bits per heavy atom. The maximum absolute atomic E-state index is 13.0. The third-order valence-electron chi connectivity index (χ3n) is 5.23. The fourth-order valence-corrected chi connectivity index (χ4v) is 4.41. The number of furan rings is 1. The van der Waals surface area contributed by atoms with Gasteiger partial charge < -0.3 is 8.98 Å².